The van der Waals surface area contributed by atoms with E-state index in [9.17, 15) is 19.5 Å². The molecule has 5 rings (SSSR count). The maximum atomic E-state index is 13.8. The Balaban J connectivity index is 1.58. The predicted molar refractivity (Wildman–Crippen MR) is 161 cm³/mol. The molecule has 2 aromatic heterocycles. The van der Waals surface area contributed by atoms with E-state index in [1.165, 1.54) is 27.4 Å². The van der Waals surface area contributed by atoms with Crippen molar-refractivity contribution in [2.45, 2.75) is 35.9 Å². The molecule has 2 aliphatic carbocycles. The molecule has 0 bridgehead atoms. The SMILES string of the molecule is COc1nc(C2(NC(=O)c3cn(C)c(=O)n(C)c3=O)C=CC=C(c3ccccc3Cl)C2Cl)ccc1CNCC1(O)CC1. The molecule has 42 heavy (non-hydrogen) atoms. The Morgan fingerprint density at radius 1 is 1.19 bits per heavy atom. The van der Waals surface area contributed by atoms with E-state index < -0.39 is 33.7 Å². The summed E-state index contributed by atoms with van der Waals surface area (Å²) in [6.45, 7) is 0.849. The van der Waals surface area contributed by atoms with Gasteiger partial charge in [-0.15, -0.1) is 11.6 Å². The zero-order chi connectivity index (χ0) is 30.2. The predicted octanol–water partition coefficient (Wildman–Crippen LogP) is 2.64. The molecule has 3 aromatic rings. The summed E-state index contributed by atoms with van der Waals surface area (Å²) in [6, 6.07) is 10.8. The molecule has 0 aliphatic heterocycles. The Bertz CT molecular complexity index is 1730. The van der Waals surface area contributed by atoms with Crippen molar-refractivity contribution in [2.24, 2.45) is 14.1 Å². The van der Waals surface area contributed by atoms with Crippen molar-refractivity contribution in [1.29, 1.82) is 0 Å². The monoisotopic (exact) mass is 611 g/mol. The van der Waals surface area contributed by atoms with Gasteiger partial charge in [-0.2, -0.15) is 0 Å². The van der Waals surface area contributed by atoms with Gasteiger partial charge < -0.3 is 25.0 Å². The number of pyridine rings is 1. The fraction of sp³-hybridized carbons (Fsp3) is 0.333. The minimum Gasteiger partial charge on any atom is -0.481 e. The number of rotatable bonds is 9. The lowest BCUT2D eigenvalue weighted by atomic mass is 9.80. The van der Waals surface area contributed by atoms with Crippen LogP contribution in [0.1, 0.15) is 40.0 Å². The third kappa shape index (κ3) is 5.55. The van der Waals surface area contributed by atoms with Crippen LogP contribution in [0.25, 0.3) is 5.57 Å². The molecular formula is C30H31Cl2N5O5. The molecular weight excluding hydrogens is 581 g/mol. The molecule has 1 saturated carbocycles. The first kappa shape index (κ1) is 29.8. The number of aryl methyl sites for hydroxylation is 1. The summed E-state index contributed by atoms with van der Waals surface area (Å²) in [5.41, 5.74) is -1.27. The minimum atomic E-state index is -1.45. The molecule has 12 heteroatoms. The van der Waals surface area contributed by atoms with Crippen molar-refractivity contribution < 1.29 is 14.6 Å². The number of carbonyl (C=O) groups excluding carboxylic acids is 1. The topological polar surface area (TPSA) is 127 Å². The number of halogens is 2. The van der Waals surface area contributed by atoms with Gasteiger partial charge in [0.15, 0.2) is 0 Å². The van der Waals surface area contributed by atoms with Crippen LogP contribution in [-0.4, -0.2) is 49.8 Å². The van der Waals surface area contributed by atoms with E-state index in [4.69, 9.17) is 32.9 Å². The van der Waals surface area contributed by atoms with Crippen LogP contribution in [0.5, 0.6) is 5.88 Å². The third-order valence-corrected chi connectivity index (χ3v) is 8.57. The summed E-state index contributed by atoms with van der Waals surface area (Å²) >= 11 is 13.8. The molecule has 2 unspecified atom stereocenters. The number of hydrogen-bond donors (Lipinski definition) is 3. The molecule has 10 nitrogen and oxygen atoms in total. The van der Waals surface area contributed by atoms with Crippen LogP contribution in [-0.2, 0) is 26.2 Å². The fourth-order valence-electron chi connectivity index (χ4n) is 5.00. The maximum absolute atomic E-state index is 13.8. The Kier molecular flexibility index (Phi) is 8.17. The molecule has 2 atom stereocenters. The number of carbonyl (C=O) groups is 1. The number of amides is 1. The van der Waals surface area contributed by atoms with Gasteiger partial charge in [0.1, 0.15) is 11.1 Å². The van der Waals surface area contributed by atoms with E-state index >= 15 is 0 Å². The van der Waals surface area contributed by atoms with Crippen LogP contribution in [0.3, 0.4) is 0 Å². The Hall–Kier alpha value is -3.70. The highest BCUT2D eigenvalue weighted by Gasteiger charge is 2.45. The van der Waals surface area contributed by atoms with Crippen molar-refractivity contribution in [3.05, 3.63) is 109 Å². The standard InChI is InChI=1S/C30H31Cl2N5O5/c1-36-16-21(27(39)37(2)28(36)40)25(38)35-30(12-6-8-20(24(30)32)19-7-4-5-9-22(19)31)23-11-10-18(26(34-23)42-3)15-33-17-29(41)13-14-29/h4-12,16,24,33,41H,13-15,17H2,1-3H3,(H,35,38). The highest BCUT2D eigenvalue weighted by atomic mass is 35.5. The van der Waals surface area contributed by atoms with Gasteiger partial charge in [-0.3, -0.25) is 14.2 Å². The van der Waals surface area contributed by atoms with Crippen LogP contribution in [0.4, 0.5) is 0 Å². The molecule has 3 N–H and O–H groups in total. The zero-order valence-electron chi connectivity index (χ0n) is 23.4. The molecule has 2 aliphatic rings. The van der Waals surface area contributed by atoms with Crippen molar-refractivity contribution in [2.75, 3.05) is 13.7 Å². The Morgan fingerprint density at radius 2 is 1.93 bits per heavy atom. The molecule has 0 spiro atoms. The number of nitrogens with zero attached hydrogens (tertiary/aromatic N) is 3. The number of ether oxygens (including phenoxy) is 1. The number of allylic oxidation sites excluding steroid dienone is 2. The van der Waals surface area contributed by atoms with Gasteiger partial charge in [-0.25, -0.2) is 9.78 Å². The molecule has 1 aromatic carbocycles. The lowest BCUT2D eigenvalue weighted by Gasteiger charge is -2.39. The number of benzene rings is 1. The molecule has 220 valence electrons. The summed E-state index contributed by atoms with van der Waals surface area (Å²) in [5, 5.41) is 15.9. The fourth-order valence-corrected chi connectivity index (χ4v) is 5.68. The molecule has 2 heterocycles. The van der Waals surface area contributed by atoms with E-state index in [1.54, 1.807) is 30.4 Å². The zero-order valence-corrected chi connectivity index (χ0v) is 24.9. The highest BCUT2D eigenvalue weighted by Crippen LogP contribution is 2.43. The third-order valence-electron chi connectivity index (χ3n) is 7.66. The molecule has 1 amide bonds. The number of aromatic nitrogens is 3. The van der Waals surface area contributed by atoms with E-state index in [1.807, 2.05) is 24.3 Å². The largest absolute Gasteiger partial charge is 0.481 e. The number of methoxy groups -OCH3 is 1. The van der Waals surface area contributed by atoms with Crippen molar-refractivity contribution in [3.63, 3.8) is 0 Å². The average molecular weight is 613 g/mol. The van der Waals surface area contributed by atoms with Crippen molar-refractivity contribution in [3.8, 4) is 5.88 Å². The summed E-state index contributed by atoms with van der Waals surface area (Å²) in [4.78, 5) is 43.7. The van der Waals surface area contributed by atoms with Crippen LogP contribution >= 0.6 is 23.2 Å². The molecule has 0 saturated heterocycles. The van der Waals surface area contributed by atoms with Gasteiger partial charge in [0.05, 0.1) is 23.8 Å². The van der Waals surface area contributed by atoms with E-state index in [-0.39, 0.29) is 5.56 Å². The second-order valence-electron chi connectivity index (χ2n) is 10.6. The van der Waals surface area contributed by atoms with Gasteiger partial charge >= 0.3 is 5.69 Å². The van der Waals surface area contributed by atoms with Crippen molar-refractivity contribution in [1.82, 2.24) is 24.8 Å². The van der Waals surface area contributed by atoms with Gasteiger partial charge in [0, 0.05) is 44.0 Å². The first-order valence-electron chi connectivity index (χ1n) is 13.3. The summed E-state index contributed by atoms with van der Waals surface area (Å²) in [5.74, 6) is -0.438. The number of hydrogen-bond acceptors (Lipinski definition) is 7. The number of aliphatic hydroxyl groups is 1. The Labute approximate surface area is 252 Å². The lowest BCUT2D eigenvalue weighted by molar-refractivity contribution is 0.0912. The number of alkyl halides is 1. The first-order valence-corrected chi connectivity index (χ1v) is 14.2. The van der Waals surface area contributed by atoms with Gasteiger partial charge in [-0.1, -0.05) is 54.1 Å². The first-order chi connectivity index (χ1) is 20.0. The van der Waals surface area contributed by atoms with E-state index in [0.717, 1.165) is 27.5 Å². The summed E-state index contributed by atoms with van der Waals surface area (Å²) < 4.78 is 7.65. The van der Waals surface area contributed by atoms with Crippen LogP contribution < -0.4 is 26.6 Å². The van der Waals surface area contributed by atoms with E-state index in [2.05, 4.69) is 10.6 Å². The highest BCUT2D eigenvalue weighted by molar-refractivity contribution is 6.34. The maximum Gasteiger partial charge on any atom is 0.330 e. The minimum absolute atomic E-state index is 0.240. The lowest BCUT2D eigenvalue weighted by Crippen LogP contribution is -2.54. The average Bonchev–Trinajstić information content (AvgIpc) is 3.72. The van der Waals surface area contributed by atoms with Crippen LogP contribution in [0.15, 0.2) is 70.4 Å². The molecule has 0 radical (unpaired) electrons. The van der Waals surface area contributed by atoms with E-state index in [0.29, 0.717) is 40.8 Å². The quantitative estimate of drug-likeness (QED) is 0.317. The summed E-state index contributed by atoms with van der Waals surface area (Å²) in [6.07, 6.45) is 7.99. The second kappa shape index (κ2) is 11.5. The van der Waals surface area contributed by atoms with Gasteiger partial charge in [0.2, 0.25) is 5.88 Å². The van der Waals surface area contributed by atoms with Crippen molar-refractivity contribution >= 4 is 34.7 Å². The Morgan fingerprint density at radius 3 is 2.62 bits per heavy atom. The second-order valence-corrected chi connectivity index (χ2v) is 11.5. The molecule has 1 fully saturated rings. The van der Waals surface area contributed by atoms with Gasteiger partial charge in [0.25, 0.3) is 11.5 Å². The van der Waals surface area contributed by atoms with Crippen LogP contribution in [0.2, 0.25) is 5.02 Å². The summed E-state index contributed by atoms with van der Waals surface area (Å²) in [7, 11) is 4.26. The van der Waals surface area contributed by atoms with Crippen LogP contribution in [0, 0.1) is 0 Å². The number of nitrogens with one attached hydrogen (secondary N) is 2. The van der Waals surface area contributed by atoms with Gasteiger partial charge in [-0.05, 0) is 36.1 Å². The smallest absolute Gasteiger partial charge is 0.330 e. The normalized spacial score (nSPS) is 20.6.